The Morgan fingerprint density at radius 2 is 1.80 bits per heavy atom. The Bertz CT molecular complexity index is 582. The molecule has 2 bridgehead atoms. The molecule has 2 N–H and O–H groups in total. The van der Waals surface area contributed by atoms with Gasteiger partial charge in [0.1, 0.15) is 0 Å². The quantitative estimate of drug-likeness (QED) is 0.704. The standard InChI is InChI=1S/C13H17NO5S/c15-12(14-9-3-4-20(18,19)6-9)10-7-1-2-8(5-7)11(10)13(16)17/h1-2,7-11H,3-6H2,(H,14,15)(H,16,17)/t7-,8-,9+,10+,11-/m0/s1. The average Bonchev–Trinajstić information content (AvgIpc) is 3.02. The van der Waals surface area contributed by atoms with Crippen LogP contribution in [-0.2, 0) is 19.4 Å². The van der Waals surface area contributed by atoms with Gasteiger partial charge in [0.15, 0.2) is 9.84 Å². The molecule has 0 spiro atoms. The van der Waals surface area contributed by atoms with E-state index in [2.05, 4.69) is 5.32 Å². The molecule has 7 heteroatoms. The van der Waals surface area contributed by atoms with Crippen LogP contribution in [0.3, 0.4) is 0 Å². The Hall–Kier alpha value is -1.37. The number of fused-ring (bicyclic) bond motifs is 2. The maximum atomic E-state index is 12.3. The molecule has 1 amide bonds. The van der Waals surface area contributed by atoms with Crippen molar-refractivity contribution in [3.8, 4) is 0 Å². The normalized spacial score (nSPS) is 40.9. The number of nitrogens with one attached hydrogen (secondary N) is 1. The molecule has 5 atom stereocenters. The number of carbonyl (C=O) groups is 2. The van der Waals surface area contributed by atoms with Crippen LogP contribution < -0.4 is 5.32 Å². The molecule has 0 aromatic heterocycles. The molecular weight excluding hydrogens is 282 g/mol. The number of allylic oxidation sites excluding steroid dienone is 2. The van der Waals surface area contributed by atoms with E-state index in [0.29, 0.717) is 12.8 Å². The van der Waals surface area contributed by atoms with Crippen LogP contribution in [0.2, 0.25) is 0 Å². The maximum absolute atomic E-state index is 12.3. The van der Waals surface area contributed by atoms with E-state index in [9.17, 15) is 23.1 Å². The van der Waals surface area contributed by atoms with Gasteiger partial charge in [0, 0.05) is 6.04 Å². The van der Waals surface area contributed by atoms with E-state index in [4.69, 9.17) is 0 Å². The SMILES string of the molecule is O=C(O)[C@@H]1[C@H](C(=O)N[C@@H]2CCS(=O)(=O)C2)[C@H]2C=C[C@H]1C2. The lowest BCUT2D eigenvalue weighted by Gasteiger charge is -2.25. The van der Waals surface area contributed by atoms with Gasteiger partial charge in [-0.15, -0.1) is 0 Å². The minimum atomic E-state index is -3.05. The number of carboxylic acids is 1. The van der Waals surface area contributed by atoms with Crippen molar-refractivity contribution >= 4 is 21.7 Å². The van der Waals surface area contributed by atoms with Gasteiger partial charge < -0.3 is 10.4 Å². The molecule has 0 aromatic rings. The van der Waals surface area contributed by atoms with Gasteiger partial charge in [0.25, 0.3) is 0 Å². The number of amides is 1. The fourth-order valence-electron chi connectivity index (χ4n) is 3.72. The maximum Gasteiger partial charge on any atom is 0.307 e. The average molecular weight is 299 g/mol. The molecule has 3 rings (SSSR count). The molecule has 0 unspecified atom stereocenters. The predicted octanol–water partition coefficient (Wildman–Crippen LogP) is -0.187. The first-order chi connectivity index (χ1) is 9.37. The molecule has 2 fully saturated rings. The number of carboxylic acid groups (broad SMARTS) is 1. The van der Waals surface area contributed by atoms with Crippen LogP contribution in [0.5, 0.6) is 0 Å². The second-order valence-corrected chi connectivity index (χ2v) is 8.18. The fourth-order valence-corrected chi connectivity index (χ4v) is 5.40. The Balaban J connectivity index is 1.71. The highest BCUT2D eigenvalue weighted by Gasteiger charge is 2.52. The molecule has 1 aliphatic heterocycles. The van der Waals surface area contributed by atoms with Gasteiger partial charge in [-0.2, -0.15) is 0 Å². The lowest BCUT2D eigenvalue weighted by atomic mass is 9.82. The zero-order valence-corrected chi connectivity index (χ0v) is 11.7. The van der Waals surface area contributed by atoms with Crippen molar-refractivity contribution < 1.29 is 23.1 Å². The Morgan fingerprint density at radius 3 is 2.35 bits per heavy atom. The molecular formula is C13H17NO5S. The van der Waals surface area contributed by atoms with E-state index in [-0.39, 0.29) is 35.3 Å². The van der Waals surface area contributed by atoms with E-state index in [1.54, 1.807) is 0 Å². The minimum absolute atomic E-state index is 0.0286. The third-order valence-corrected chi connectivity index (χ3v) is 6.39. The first-order valence-corrected chi connectivity index (χ1v) is 8.61. The summed E-state index contributed by atoms with van der Waals surface area (Å²) in [5.41, 5.74) is 0. The summed E-state index contributed by atoms with van der Waals surface area (Å²) in [6.07, 6.45) is 4.92. The molecule has 6 nitrogen and oxygen atoms in total. The summed E-state index contributed by atoms with van der Waals surface area (Å²) in [7, 11) is -3.05. The monoisotopic (exact) mass is 299 g/mol. The summed E-state index contributed by atoms with van der Waals surface area (Å²) in [6, 6.07) is -0.370. The van der Waals surface area contributed by atoms with Gasteiger partial charge in [-0.05, 0) is 24.7 Å². The molecule has 2 aliphatic carbocycles. The number of hydrogen-bond acceptors (Lipinski definition) is 4. The van der Waals surface area contributed by atoms with Crippen LogP contribution in [0, 0.1) is 23.7 Å². The van der Waals surface area contributed by atoms with E-state index < -0.39 is 27.6 Å². The molecule has 1 saturated carbocycles. The minimum Gasteiger partial charge on any atom is -0.481 e. The van der Waals surface area contributed by atoms with Crippen molar-refractivity contribution in [3.05, 3.63) is 12.2 Å². The van der Waals surface area contributed by atoms with Crippen molar-refractivity contribution in [2.75, 3.05) is 11.5 Å². The van der Waals surface area contributed by atoms with Crippen LogP contribution in [0.25, 0.3) is 0 Å². The van der Waals surface area contributed by atoms with E-state index in [1.807, 2.05) is 12.2 Å². The lowest BCUT2D eigenvalue weighted by molar-refractivity contribution is -0.147. The summed E-state index contributed by atoms with van der Waals surface area (Å²) < 4.78 is 22.8. The van der Waals surface area contributed by atoms with Gasteiger partial charge >= 0.3 is 5.97 Å². The highest BCUT2D eigenvalue weighted by Crippen LogP contribution is 2.48. The summed E-state index contributed by atoms with van der Waals surface area (Å²) in [5.74, 6) is -2.53. The van der Waals surface area contributed by atoms with E-state index in [0.717, 1.165) is 0 Å². The van der Waals surface area contributed by atoms with Gasteiger partial charge in [0.05, 0.1) is 23.3 Å². The summed E-state index contributed by atoms with van der Waals surface area (Å²) in [6.45, 7) is 0. The fraction of sp³-hybridized carbons (Fsp3) is 0.692. The van der Waals surface area contributed by atoms with Gasteiger partial charge in [-0.1, -0.05) is 12.2 Å². The molecule has 3 aliphatic rings. The Kier molecular flexibility index (Phi) is 3.12. The molecule has 1 saturated heterocycles. The zero-order valence-electron chi connectivity index (χ0n) is 10.9. The van der Waals surface area contributed by atoms with Crippen molar-refractivity contribution in [2.45, 2.75) is 18.9 Å². The predicted molar refractivity (Wildman–Crippen MR) is 70.6 cm³/mol. The number of aliphatic carboxylic acids is 1. The number of rotatable bonds is 3. The van der Waals surface area contributed by atoms with Crippen molar-refractivity contribution in [2.24, 2.45) is 23.7 Å². The number of carbonyl (C=O) groups excluding carboxylic acids is 1. The summed E-state index contributed by atoms with van der Waals surface area (Å²) >= 11 is 0. The van der Waals surface area contributed by atoms with Crippen LogP contribution >= 0.6 is 0 Å². The van der Waals surface area contributed by atoms with E-state index >= 15 is 0 Å². The Morgan fingerprint density at radius 1 is 1.15 bits per heavy atom. The molecule has 1 heterocycles. The van der Waals surface area contributed by atoms with Crippen molar-refractivity contribution in [1.82, 2.24) is 5.32 Å². The topological polar surface area (TPSA) is 101 Å². The first-order valence-electron chi connectivity index (χ1n) is 6.79. The number of hydrogen-bond donors (Lipinski definition) is 2. The van der Waals surface area contributed by atoms with Crippen molar-refractivity contribution in [3.63, 3.8) is 0 Å². The zero-order chi connectivity index (χ0) is 14.5. The van der Waals surface area contributed by atoms with E-state index in [1.165, 1.54) is 0 Å². The molecule has 0 radical (unpaired) electrons. The molecule has 20 heavy (non-hydrogen) atoms. The molecule has 110 valence electrons. The largest absolute Gasteiger partial charge is 0.481 e. The summed E-state index contributed by atoms with van der Waals surface area (Å²) in [4.78, 5) is 23.7. The third-order valence-electron chi connectivity index (χ3n) is 4.63. The summed E-state index contributed by atoms with van der Waals surface area (Å²) in [5, 5.41) is 12.0. The van der Waals surface area contributed by atoms with Crippen LogP contribution in [0.1, 0.15) is 12.8 Å². The second kappa shape index (κ2) is 4.58. The highest BCUT2D eigenvalue weighted by atomic mass is 32.2. The van der Waals surface area contributed by atoms with Gasteiger partial charge in [0.2, 0.25) is 5.91 Å². The van der Waals surface area contributed by atoms with Crippen LogP contribution in [0.15, 0.2) is 12.2 Å². The van der Waals surface area contributed by atoms with Gasteiger partial charge in [-0.25, -0.2) is 8.42 Å². The third kappa shape index (κ3) is 2.24. The molecule has 0 aromatic carbocycles. The van der Waals surface area contributed by atoms with Crippen LogP contribution in [0.4, 0.5) is 0 Å². The smallest absolute Gasteiger partial charge is 0.307 e. The first kappa shape index (κ1) is 13.6. The van der Waals surface area contributed by atoms with Crippen molar-refractivity contribution in [1.29, 1.82) is 0 Å². The number of sulfone groups is 1. The lowest BCUT2D eigenvalue weighted by Crippen LogP contribution is -2.44. The van der Waals surface area contributed by atoms with Crippen LogP contribution in [-0.4, -0.2) is 42.9 Å². The Labute approximate surface area is 117 Å². The highest BCUT2D eigenvalue weighted by molar-refractivity contribution is 7.91. The van der Waals surface area contributed by atoms with Gasteiger partial charge in [-0.3, -0.25) is 9.59 Å². The second-order valence-electron chi connectivity index (χ2n) is 5.95.